The number of carbonyl (C=O) groups is 2. The number of thiazole rings is 1. The van der Waals surface area contributed by atoms with Crippen molar-refractivity contribution < 1.29 is 14.3 Å². The van der Waals surface area contributed by atoms with Crippen LogP contribution in [-0.2, 0) is 4.74 Å². The third-order valence-electron chi connectivity index (χ3n) is 5.45. The van der Waals surface area contributed by atoms with E-state index in [1.807, 2.05) is 30.0 Å². The average Bonchev–Trinajstić information content (AvgIpc) is 3.43. The quantitative estimate of drug-likeness (QED) is 0.596. The van der Waals surface area contributed by atoms with E-state index < -0.39 is 5.97 Å². The number of hydrogen-bond donors (Lipinski definition) is 0. The standard InChI is InChI=1S/C21H23N5O3S/c1-13-8-9-15(19-24-18(14(2)30-19)21(28)29-3)12-25(13)20(27)16-6-4-5-7-17(16)26-22-10-11-23-26/h4-7,10-11,13,15H,8-9,12H2,1-3H3/t13-,15-/m1/s1. The number of rotatable bonds is 4. The summed E-state index contributed by atoms with van der Waals surface area (Å²) >= 11 is 1.50. The highest BCUT2D eigenvalue weighted by Crippen LogP contribution is 2.34. The summed E-state index contributed by atoms with van der Waals surface area (Å²) in [5.74, 6) is -0.392. The van der Waals surface area contributed by atoms with Crippen LogP contribution in [0, 0.1) is 6.92 Å². The lowest BCUT2D eigenvalue weighted by atomic mass is 9.93. The highest BCUT2D eigenvalue weighted by Gasteiger charge is 2.33. The van der Waals surface area contributed by atoms with Gasteiger partial charge in [-0.3, -0.25) is 4.79 Å². The van der Waals surface area contributed by atoms with Gasteiger partial charge in [0.2, 0.25) is 0 Å². The van der Waals surface area contributed by atoms with Gasteiger partial charge in [-0.2, -0.15) is 15.0 Å². The van der Waals surface area contributed by atoms with Crippen LogP contribution in [0.3, 0.4) is 0 Å². The predicted octanol–water partition coefficient (Wildman–Crippen LogP) is 3.23. The molecule has 0 N–H and O–H groups in total. The highest BCUT2D eigenvalue weighted by atomic mass is 32.1. The lowest BCUT2D eigenvalue weighted by molar-refractivity contribution is 0.0584. The van der Waals surface area contributed by atoms with E-state index in [4.69, 9.17) is 4.74 Å². The van der Waals surface area contributed by atoms with Gasteiger partial charge in [0.05, 0.1) is 35.8 Å². The molecule has 156 valence electrons. The second-order valence-corrected chi connectivity index (χ2v) is 8.60. The lowest BCUT2D eigenvalue weighted by Crippen LogP contribution is -2.45. The first-order chi connectivity index (χ1) is 14.5. The highest BCUT2D eigenvalue weighted by molar-refractivity contribution is 7.12. The molecule has 0 unspecified atom stereocenters. The van der Waals surface area contributed by atoms with E-state index in [0.29, 0.717) is 23.5 Å². The van der Waals surface area contributed by atoms with Gasteiger partial charge >= 0.3 is 5.97 Å². The molecule has 0 radical (unpaired) electrons. The average molecular weight is 426 g/mol. The molecule has 3 heterocycles. The van der Waals surface area contributed by atoms with Gasteiger partial charge in [-0.15, -0.1) is 11.3 Å². The zero-order valence-corrected chi connectivity index (χ0v) is 17.9. The minimum absolute atomic E-state index is 0.0541. The first kappa shape index (κ1) is 20.2. The summed E-state index contributed by atoms with van der Waals surface area (Å²) in [5, 5.41) is 9.23. The van der Waals surface area contributed by atoms with Crippen LogP contribution in [0.4, 0.5) is 0 Å². The molecule has 0 spiro atoms. The van der Waals surface area contributed by atoms with Crippen molar-refractivity contribution in [2.45, 2.75) is 38.6 Å². The normalized spacial score (nSPS) is 19.0. The van der Waals surface area contributed by atoms with Gasteiger partial charge in [0.25, 0.3) is 5.91 Å². The predicted molar refractivity (Wildman–Crippen MR) is 112 cm³/mol. The number of hydrogen-bond acceptors (Lipinski definition) is 7. The molecule has 1 aliphatic rings. The Labute approximate surface area is 178 Å². The number of carbonyl (C=O) groups excluding carboxylic acids is 2. The van der Waals surface area contributed by atoms with Crippen molar-refractivity contribution in [3.63, 3.8) is 0 Å². The number of aryl methyl sites for hydroxylation is 1. The maximum atomic E-state index is 13.5. The maximum Gasteiger partial charge on any atom is 0.357 e. The van der Waals surface area contributed by atoms with Crippen LogP contribution in [0.25, 0.3) is 5.69 Å². The summed E-state index contributed by atoms with van der Waals surface area (Å²) in [6, 6.07) is 7.46. The Morgan fingerprint density at radius 3 is 2.63 bits per heavy atom. The molecule has 2 atom stereocenters. The summed E-state index contributed by atoms with van der Waals surface area (Å²) in [6.45, 7) is 4.49. The summed E-state index contributed by atoms with van der Waals surface area (Å²) in [4.78, 5) is 34.2. The number of amides is 1. The molecule has 1 aromatic carbocycles. The van der Waals surface area contributed by atoms with Crippen molar-refractivity contribution in [1.82, 2.24) is 24.9 Å². The van der Waals surface area contributed by atoms with Gasteiger partial charge < -0.3 is 9.64 Å². The van der Waals surface area contributed by atoms with E-state index in [2.05, 4.69) is 22.1 Å². The van der Waals surface area contributed by atoms with Crippen molar-refractivity contribution in [3.8, 4) is 5.69 Å². The minimum atomic E-state index is -0.423. The van der Waals surface area contributed by atoms with Gasteiger partial charge in [0.15, 0.2) is 5.69 Å². The Morgan fingerprint density at radius 2 is 1.90 bits per heavy atom. The number of aromatic nitrogens is 4. The third-order valence-corrected chi connectivity index (χ3v) is 6.59. The number of ether oxygens (including phenoxy) is 1. The van der Waals surface area contributed by atoms with E-state index in [-0.39, 0.29) is 17.9 Å². The van der Waals surface area contributed by atoms with Crippen LogP contribution in [-0.4, -0.2) is 56.5 Å². The molecule has 1 saturated heterocycles. The molecule has 0 bridgehead atoms. The summed E-state index contributed by atoms with van der Waals surface area (Å²) in [6.07, 6.45) is 4.96. The van der Waals surface area contributed by atoms with Gasteiger partial charge in [-0.05, 0) is 38.8 Å². The SMILES string of the molecule is COC(=O)c1nc([C@@H]2CC[C@@H](C)N(C(=O)c3ccccc3-n3nccn3)C2)sc1C. The summed E-state index contributed by atoms with van der Waals surface area (Å²) in [5.41, 5.74) is 1.58. The Morgan fingerprint density at radius 1 is 1.17 bits per heavy atom. The fourth-order valence-electron chi connectivity index (χ4n) is 3.79. The topological polar surface area (TPSA) is 90.2 Å². The molecule has 1 fully saturated rings. The van der Waals surface area contributed by atoms with E-state index in [1.165, 1.54) is 23.2 Å². The first-order valence-corrected chi connectivity index (χ1v) is 10.6. The van der Waals surface area contributed by atoms with Crippen molar-refractivity contribution in [2.75, 3.05) is 13.7 Å². The van der Waals surface area contributed by atoms with E-state index in [0.717, 1.165) is 22.7 Å². The molecule has 30 heavy (non-hydrogen) atoms. The van der Waals surface area contributed by atoms with Crippen molar-refractivity contribution in [3.05, 3.63) is 57.8 Å². The molecule has 2 aromatic heterocycles. The number of piperidine rings is 1. The number of para-hydroxylation sites is 1. The molecule has 1 amide bonds. The molecule has 3 aromatic rings. The number of esters is 1. The fraction of sp³-hybridized carbons (Fsp3) is 0.381. The molecule has 0 aliphatic carbocycles. The Bertz CT molecular complexity index is 1060. The Balaban J connectivity index is 1.61. The first-order valence-electron chi connectivity index (χ1n) is 9.82. The second-order valence-electron chi connectivity index (χ2n) is 7.36. The van der Waals surface area contributed by atoms with Crippen LogP contribution >= 0.6 is 11.3 Å². The summed E-state index contributed by atoms with van der Waals surface area (Å²) in [7, 11) is 1.36. The van der Waals surface area contributed by atoms with E-state index in [9.17, 15) is 9.59 Å². The van der Waals surface area contributed by atoms with Crippen LogP contribution in [0.5, 0.6) is 0 Å². The van der Waals surface area contributed by atoms with Gasteiger partial charge in [0, 0.05) is 23.4 Å². The fourth-order valence-corrected chi connectivity index (χ4v) is 4.83. The number of benzene rings is 1. The molecule has 4 rings (SSSR count). The zero-order chi connectivity index (χ0) is 21.3. The molecular formula is C21H23N5O3S. The smallest absolute Gasteiger partial charge is 0.357 e. The number of nitrogens with zero attached hydrogens (tertiary/aromatic N) is 5. The van der Waals surface area contributed by atoms with E-state index in [1.54, 1.807) is 18.5 Å². The molecule has 8 nitrogen and oxygen atoms in total. The monoisotopic (exact) mass is 425 g/mol. The van der Waals surface area contributed by atoms with Crippen LogP contribution in [0.15, 0.2) is 36.7 Å². The molecule has 0 saturated carbocycles. The maximum absolute atomic E-state index is 13.5. The molecule has 1 aliphatic heterocycles. The van der Waals surface area contributed by atoms with Crippen LogP contribution < -0.4 is 0 Å². The lowest BCUT2D eigenvalue weighted by Gasteiger charge is -2.37. The second kappa shape index (κ2) is 8.35. The van der Waals surface area contributed by atoms with Gasteiger partial charge in [0.1, 0.15) is 0 Å². The number of likely N-dealkylation sites (tertiary alicyclic amines) is 1. The van der Waals surface area contributed by atoms with Crippen LogP contribution in [0.2, 0.25) is 0 Å². The van der Waals surface area contributed by atoms with Crippen molar-refractivity contribution >= 4 is 23.2 Å². The zero-order valence-electron chi connectivity index (χ0n) is 17.1. The Hall–Kier alpha value is -3.07. The number of methoxy groups -OCH3 is 1. The summed E-state index contributed by atoms with van der Waals surface area (Å²) < 4.78 is 4.83. The largest absolute Gasteiger partial charge is 0.464 e. The van der Waals surface area contributed by atoms with Crippen molar-refractivity contribution in [2.24, 2.45) is 0 Å². The van der Waals surface area contributed by atoms with Crippen molar-refractivity contribution in [1.29, 1.82) is 0 Å². The molecular weight excluding hydrogens is 402 g/mol. The molecule has 9 heteroatoms. The minimum Gasteiger partial charge on any atom is -0.464 e. The van der Waals surface area contributed by atoms with Crippen LogP contribution in [0.1, 0.15) is 56.4 Å². The van der Waals surface area contributed by atoms with Gasteiger partial charge in [-0.25, -0.2) is 9.78 Å². The third kappa shape index (κ3) is 3.72. The van der Waals surface area contributed by atoms with Gasteiger partial charge in [-0.1, -0.05) is 12.1 Å². The van der Waals surface area contributed by atoms with E-state index >= 15 is 0 Å². The Kier molecular flexibility index (Phi) is 5.63.